The van der Waals surface area contributed by atoms with Crippen LogP contribution in [0.3, 0.4) is 0 Å². The zero-order valence-corrected chi connectivity index (χ0v) is 11.0. The molecule has 0 spiro atoms. The molecule has 1 aromatic carbocycles. The number of H-pyrrole nitrogens is 1. The molecule has 2 aromatic heterocycles. The van der Waals surface area contributed by atoms with Gasteiger partial charge in [-0.2, -0.15) is 0 Å². The minimum atomic E-state index is 0.191. The van der Waals surface area contributed by atoms with Crippen LogP contribution in [0.1, 0.15) is 5.56 Å². The van der Waals surface area contributed by atoms with Gasteiger partial charge in [0.1, 0.15) is 0 Å². The van der Waals surface area contributed by atoms with Crippen molar-refractivity contribution >= 4 is 34.1 Å². The second kappa shape index (κ2) is 4.26. The van der Waals surface area contributed by atoms with E-state index in [9.17, 15) is 0 Å². The van der Waals surface area contributed by atoms with Gasteiger partial charge < -0.3 is 4.98 Å². The van der Waals surface area contributed by atoms with Gasteiger partial charge >= 0.3 is 0 Å². The predicted octanol–water partition coefficient (Wildman–Crippen LogP) is 4.24. The van der Waals surface area contributed by atoms with E-state index in [4.69, 9.17) is 23.2 Å². The van der Waals surface area contributed by atoms with Gasteiger partial charge in [-0.05, 0) is 24.1 Å². The topological polar surface area (TPSA) is 41.6 Å². The third-order valence-electron chi connectivity index (χ3n) is 2.89. The molecule has 0 bridgehead atoms. The summed E-state index contributed by atoms with van der Waals surface area (Å²) in [6.45, 7) is 2.05. The predicted molar refractivity (Wildman–Crippen MR) is 74.1 cm³/mol. The fraction of sp³-hybridized carbons (Fsp3) is 0.0769. The van der Waals surface area contributed by atoms with Gasteiger partial charge in [-0.15, -0.1) is 0 Å². The Morgan fingerprint density at radius 1 is 1.22 bits per heavy atom. The third-order valence-corrected chi connectivity index (χ3v) is 3.35. The van der Waals surface area contributed by atoms with E-state index in [2.05, 4.69) is 27.9 Å². The fourth-order valence-electron chi connectivity index (χ4n) is 2.04. The minimum absolute atomic E-state index is 0.191. The molecule has 0 amide bonds. The van der Waals surface area contributed by atoms with Crippen LogP contribution in [0, 0.1) is 6.92 Å². The number of rotatable bonds is 1. The van der Waals surface area contributed by atoms with Crippen LogP contribution in [0.5, 0.6) is 0 Å². The maximum Gasteiger partial charge on any atom is 0.222 e. The molecule has 0 fully saturated rings. The maximum absolute atomic E-state index is 6.13. The number of benzene rings is 1. The summed E-state index contributed by atoms with van der Waals surface area (Å²) in [6, 6.07) is 6.09. The average molecular weight is 278 g/mol. The zero-order valence-electron chi connectivity index (χ0n) is 9.54. The Balaban J connectivity index is 2.32. The summed E-state index contributed by atoms with van der Waals surface area (Å²) in [5, 5.41) is 1.75. The molecule has 0 saturated carbocycles. The number of aryl methyl sites for hydroxylation is 1. The van der Waals surface area contributed by atoms with Crippen molar-refractivity contribution in [1.82, 2.24) is 15.0 Å². The maximum atomic E-state index is 6.13. The summed E-state index contributed by atoms with van der Waals surface area (Å²) in [4.78, 5) is 11.3. The summed E-state index contributed by atoms with van der Waals surface area (Å²) in [5.74, 6) is 0. The minimum Gasteiger partial charge on any atom is -0.360 e. The molecule has 3 nitrogen and oxygen atoms in total. The molecule has 0 aliphatic heterocycles. The molecule has 1 N–H and O–H groups in total. The largest absolute Gasteiger partial charge is 0.360 e. The van der Waals surface area contributed by atoms with Gasteiger partial charge in [0.2, 0.25) is 5.28 Å². The molecule has 5 heteroatoms. The highest BCUT2D eigenvalue weighted by atomic mass is 35.5. The number of nitrogens with one attached hydrogen (secondary N) is 1. The van der Waals surface area contributed by atoms with E-state index in [1.165, 1.54) is 11.8 Å². The molecule has 0 saturated heterocycles. The van der Waals surface area contributed by atoms with Crippen molar-refractivity contribution in [1.29, 1.82) is 0 Å². The van der Waals surface area contributed by atoms with Gasteiger partial charge in [-0.1, -0.05) is 29.8 Å². The number of nitrogens with zero attached hydrogens (tertiary/aromatic N) is 2. The Bertz CT molecular complexity index is 734. The zero-order chi connectivity index (χ0) is 12.7. The fourth-order valence-corrected chi connectivity index (χ4v) is 2.36. The van der Waals surface area contributed by atoms with Gasteiger partial charge in [0.15, 0.2) is 0 Å². The van der Waals surface area contributed by atoms with Crippen molar-refractivity contribution in [2.45, 2.75) is 6.92 Å². The molecule has 18 heavy (non-hydrogen) atoms. The molecule has 3 rings (SSSR count). The number of hydrogen-bond acceptors (Lipinski definition) is 2. The first-order valence-electron chi connectivity index (χ1n) is 5.42. The van der Waals surface area contributed by atoms with Crippen molar-refractivity contribution in [2.24, 2.45) is 0 Å². The summed E-state index contributed by atoms with van der Waals surface area (Å²) in [7, 11) is 0. The Labute approximate surface area is 114 Å². The van der Waals surface area contributed by atoms with Crippen LogP contribution in [0.2, 0.25) is 10.3 Å². The molecule has 0 aliphatic carbocycles. The van der Waals surface area contributed by atoms with Crippen molar-refractivity contribution < 1.29 is 0 Å². The molecule has 0 unspecified atom stereocenters. The second-order valence-corrected chi connectivity index (χ2v) is 4.78. The standard InChI is InChI=1S/C13H9Cl2N3/c1-7-3-2-4-8-9(5-16-11(7)8)12-10(14)6-17-13(15)18-12/h2-6,16H,1H3. The first kappa shape index (κ1) is 11.5. The number of aromatic amines is 1. The normalized spacial score (nSPS) is 11.1. The molecule has 3 aromatic rings. The molecule has 0 atom stereocenters. The average Bonchev–Trinajstić information content (AvgIpc) is 2.77. The smallest absolute Gasteiger partial charge is 0.222 e. The van der Waals surface area contributed by atoms with Crippen LogP contribution >= 0.6 is 23.2 Å². The van der Waals surface area contributed by atoms with Crippen molar-refractivity contribution in [3.05, 3.63) is 46.5 Å². The van der Waals surface area contributed by atoms with E-state index in [0.717, 1.165) is 16.5 Å². The highest BCUT2D eigenvalue weighted by molar-refractivity contribution is 6.34. The first-order chi connectivity index (χ1) is 8.66. The summed E-state index contributed by atoms with van der Waals surface area (Å²) in [6.07, 6.45) is 3.41. The second-order valence-electron chi connectivity index (χ2n) is 4.04. The Kier molecular flexibility index (Phi) is 2.73. The Morgan fingerprint density at radius 2 is 2.06 bits per heavy atom. The lowest BCUT2D eigenvalue weighted by Crippen LogP contribution is -1.88. The third kappa shape index (κ3) is 1.76. The van der Waals surface area contributed by atoms with Crippen LogP contribution in [0.15, 0.2) is 30.6 Å². The molecule has 90 valence electrons. The summed E-state index contributed by atoms with van der Waals surface area (Å²) < 4.78 is 0. The lowest BCUT2D eigenvalue weighted by atomic mass is 10.1. The lowest BCUT2D eigenvalue weighted by molar-refractivity contribution is 1.17. The Morgan fingerprint density at radius 3 is 2.89 bits per heavy atom. The quantitative estimate of drug-likeness (QED) is 0.676. The van der Waals surface area contributed by atoms with Gasteiger partial charge in [0.25, 0.3) is 0 Å². The number of fused-ring (bicyclic) bond motifs is 1. The molecular formula is C13H9Cl2N3. The first-order valence-corrected chi connectivity index (χ1v) is 6.17. The molecular weight excluding hydrogens is 269 g/mol. The monoisotopic (exact) mass is 277 g/mol. The highest BCUT2D eigenvalue weighted by Crippen LogP contribution is 2.33. The van der Waals surface area contributed by atoms with Crippen LogP contribution < -0.4 is 0 Å². The SMILES string of the molecule is Cc1cccc2c(-c3nc(Cl)ncc3Cl)c[nH]c12. The number of halogens is 2. The molecule has 2 heterocycles. The number of aromatic nitrogens is 3. The van der Waals surface area contributed by atoms with Gasteiger partial charge in [-0.25, -0.2) is 9.97 Å². The number of para-hydroxylation sites is 1. The van der Waals surface area contributed by atoms with E-state index in [-0.39, 0.29) is 5.28 Å². The molecule has 0 aliphatic rings. The molecule has 0 radical (unpaired) electrons. The van der Waals surface area contributed by atoms with E-state index in [0.29, 0.717) is 10.7 Å². The summed E-state index contributed by atoms with van der Waals surface area (Å²) in [5.41, 5.74) is 3.84. The van der Waals surface area contributed by atoms with E-state index in [1.807, 2.05) is 18.3 Å². The lowest BCUT2D eigenvalue weighted by Gasteiger charge is -2.02. The van der Waals surface area contributed by atoms with Crippen molar-refractivity contribution in [3.8, 4) is 11.3 Å². The number of hydrogen-bond donors (Lipinski definition) is 1. The van der Waals surface area contributed by atoms with Crippen molar-refractivity contribution in [3.63, 3.8) is 0 Å². The van der Waals surface area contributed by atoms with Crippen LogP contribution in [0.4, 0.5) is 0 Å². The highest BCUT2D eigenvalue weighted by Gasteiger charge is 2.12. The van der Waals surface area contributed by atoms with E-state index >= 15 is 0 Å². The van der Waals surface area contributed by atoms with E-state index < -0.39 is 0 Å². The Hall–Kier alpha value is -1.58. The van der Waals surface area contributed by atoms with E-state index in [1.54, 1.807) is 0 Å². The van der Waals surface area contributed by atoms with Crippen LogP contribution in [-0.4, -0.2) is 15.0 Å². The van der Waals surface area contributed by atoms with Crippen LogP contribution in [-0.2, 0) is 0 Å². The van der Waals surface area contributed by atoms with Gasteiger partial charge in [-0.3, -0.25) is 0 Å². The summed E-state index contributed by atoms with van der Waals surface area (Å²) >= 11 is 12.0. The van der Waals surface area contributed by atoms with Gasteiger partial charge in [0, 0.05) is 22.7 Å². The van der Waals surface area contributed by atoms with Crippen LogP contribution in [0.25, 0.3) is 22.2 Å². The van der Waals surface area contributed by atoms with Crippen molar-refractivity contribution in [2.75, 3.05) is 0 Å². The van der Waals surface area contributed by atoms with Gasteiger partial charge in [0.05, 0.1) is 16.9 Å².